The van der Waals surface area contributed by atoms with Crippen LogP contribution >= 0.6 is 46.4 Å². The van der Waals surface area contributed by atoms with Crippen LogP contribution in [-0.2, 0) is 0 Å². The van der Waals surface area contributed by atoms with Gasteiger partial charge in [-0.15, -0.1) is 10.2 Å². The molecule has 0 aliphatic heterocycles. The van der Waals surface area contributed by atoms with Crippen LogP contribution in [0.15, 0.2) is 52.9 Å². The van der Waals surface area contributed by atoms with Gasteiger partial charge in [0.25, 0.3) is 5.95 Å². The summed E-state index contributed by atoms with van der Waals surface area (Å²) in [4.78, 5) is 0. The lowest BCUT2D eigenvalue weighted by atomic mass is 10.2. The zero-order valence-corrected chi connectivity index (χ0v) is 16.0. The van der Waals surface area contributed by atoms with Gasteiger partial charge in [-0.05, 0) is 24.3 Å². The Bertz CT molecular complexity index is 983. The van der Waals surface area contributed by atoms with Crippen molar-refractivity contribution in [2.75, 3.05) is 5.43 Å². The van der Waals surface area contributed by atoms with E-state index in [9.17, 15) is 0 Å². The summed E-state index contributed by atoms with van der Waals surface area (Å²) in [6.45, 7) is 0. The minimum absolute atomic E-state index is 0.313. The van der Waals surface area contributed by atoms with Gasteiger partial charge in [-0.25, -0.2) is 5.43 Å². The molecule has 0 saturated carbocycles. The number of anilines is 1. The van der Waals surface area contributed by atoms with Crippen LogP contribution < -0.4 is 5.43 Å². The van der Waals surface area contributed by atoms with Crippen LogP contribution in [0.4, 0.5) is 5.95 Å². The molecule has 2 aromatic carbocycles. The SMILES string of the molecule is Clc1ccc(/C=N\n2cnnc2N/N=C/c2ccc(Cl)cc2Cl)c(Cl)c1. The van der Waals surface area contributed by atoms with E-state index in [1.54, 1.807) is 42.6 Å². The lowest BCUT2D eigenvalue weighted by Crippen LogP contribution is -1.99. The zero-order chi connectivity index (χ0) is 18.5. The standard InChI is InChI=1S/C16H10Cl4N6/c17-12-3-1-10(14(19)5-12)7-21-24-16-25-22-9-26(16)23-8-11-2-4-13(18)6-15(11)20/h1-9H,(H,24,25)/b21-7+,23-8-. The molecule has 0 fully saturated rings. The van der Waals surface area contributed by atoms with Crippen molar-refractivity contribution in [3.8, 4) is 0 Å². The molecule has 0 bridgehead atoms. The molecule has 26 heavy (non-hydrogen) atoms. The van der Waals surface area contributed by atoms with Gasteiger partial charge in [-0.1, -0.05) is 58.5 Å². The van der Waals surface area contributed by atoms with Crippen molar-refractivity contribution in [2.24, 2.45) is 10.2 Å². The quantitative estimate of drug-likeness (QED) is 0.448. The van der Waals surface area contributed by atoms with E-state index in [0.29, 0.717) is 37.2 Å². The second-order valence-corrected chi connectivity index (χ2v) is 6.63. The van der Waals surface area contributed by atoms with Gasteiger partial charge in [-0.3, -0.25) is 0 Å². The Balaban J connectivity index is 1.72. The highest BCUT2D eigenvalue weighted by molar-refractivity contribution is 6.36. The molecule has 1 aromatic heterocycles. The number of hydrogen-bond acceptors (Lipinski definition) is 5. The summed E-state index contributed by atoms with van der Waals surface area (Å²) < 4.78 is 1.41. The second kappa shape index (κ2) is 8.51. The van der Waals surface area contributed by atoms with Gasteiger partial charge in [0.15, 0.2) is 0 Å². The summed E-state index contributed by atoms with van der Waals surface area (Å²) >= 11 is 23.9. The Kier molecular flexibility index (Phi) is 6.11. The summed E-state index contributed by atoms with van der Waals surface area (Å²) in [5.74, 6) is 0.313. The van der Waals surface area contributed by atoms with E-state index in [2.05, 4.69) is 25.8 Å². The first-order valence-electron chi connectivity index (χ1n) is 7.16. The van der Waals surface area contributed by atoms with Crippen molar-refractivity contribution in [1.82, 2.24) is 14.9 Å². The summed E-state index contributed by atoms with van der Waals surface area (Å²) in [6.07, 6.45) is 4.53. The number of hydrazone groups is 1. The average Bonchev–Trinajstić information content (AvgIpc) is 3.03. The van der Waals surface area contributed by atoms with Gasteiger partial charge in [0, 0.05) is 21.2 Å². The fraction of sp³-hybridized carbons (Fsp3) is 0. The maximum atomic E-state index is 6.11. The molecule has 0 spiro atoms. The topological polar surface area (TPSA) is 67.5 Å². The average molecular weight is 428 g/mol. The number of rotatable bonds is 5. The molecule has 3 aromatic rings. The molecule has 0 atom stereocenters. The normalized spacial score (nSPS) is 11.5. The van der Waals surface area contributed by atoms with Gasteiger partial charge >= 0.3 is 0 Å². The fourth-order valence-electron chi connectivity index (χ4n) is 1.88. The van der Waals surface area contributed by atoms with E-state index in [0.717, 1.165) is 0 Å². The molecular formula is C16H10Cl4N6. The lowest BCUT2D eigenvalue weighted by Gasteiger charge is -2.01. The van der Waals surface area contributed by atoms with E-state index in [1.807, 2.05) is 0 Å². The molecule has 1 heterocycles. The molecule has 0 saturated heterocycles. The van der Waals surface area contributed by atoms with Crippen LogP contribution in [0.25, 0.3) is 0 Å². The van der Waals surface area contributed by atoms with Gasteiger partial charge < -0.3 is 0 Å². The highest BCUT2D eigenvalue weighted by Gasteiger charge is 2.03. The molecular weight excluding hydrogens is 418 g/mol. The number of halogens is 4. The molecule has 0 amide bonds. The Morgan fingerprint density at radius 3 is 2.12 bits per heavy atom. The first-order valence-corrected chi connectivity index (χ1v) is 8.67. The van der Waals surface area contributed by atoms with Gasteiger partial charge in [-0.2, -0.15) is 14.9 Å². The Morgan fingerprint density at radius 2 is 1.50 bits per heavy atom. The molecule has 10 heteroatoms. The zero-order valence-electron chi connectivity index (χ0n) is 12.9. The van der Waals surface area contributed by atoms with Crippen molar-refractivity contribution in [3.05, 3.63) is 73.9 Å². The monoisotopic (exact) mass is 426 g/mol. The summed E-state index contributed by atoms with van der Waals surface area (Å²) in [6, 6.07) is 10.2. The van der Waals surface area contributed by atoms with E-state index >= 15 is 0 Å². The van der Waals surface area contributed by atoms with Crippen molar-refractivity contribution in [3.63, 3.8) is 0 Å². The molecule has 132 valence electrons. The Labute approximate surface area is 169 Å². The van der Waals surface area contributed by atoms with Gasteiger partial charge in [0.1, 0.15) is 6.33 Å². The first kappa shape index (κ1) is 18.7. The minimum atomic E-state index is 0.313. The number of nitrogens with zero attached hydrogens (tertiary/aromatic N) is 5. The summed E-state index contributed by atoms with van der Waals surface area (Å²) in [7, 11) is 0. The van der Waals surface area contributed by atoms with Crippen LogP contribution in [0.3, 0.4) is 0 Å². The van der Waals surface area contributed by atoms with Crippen molar-refractivity contribution in [2.45, 2.75) is 0 Å². The number of benzene rings is 2. The fourth-order valence-corrected chi connectivity index (χ4v) is 2.80. The van der Waals surface area contributed by atoms with Crippen LogP contribution in [0.2, 0.25) is 20.1 Å². The molecule has 0 aliphatic carbocycles. The third-order valence-electron chi connectivity index (χ3n) is 3.14. The number of hydrogen-bond donors (Lipinski definition) is 1. The Morgan fingerprint density at radius 1 is 0.885 bits per heavy atom. The van der Waals surface area contributed by atoms with E-state index in [4.69, 9.17) is 46.4 Å². The third kappa shape index (κ3) is 4.74. The molecule has 1 N–H and O–H groups in total. The van der Waals surface area contributed by atoms with Crippen LogP contribution in [0.1, 0.15) is 11.1 Å². The van der Waals surface area contributed by atoms with Crippen LogP contribution in [-0.4, -0.2) is 27.3 Å². The van der Waals surface area contributed by atoms with E-state index < -0.39 is 0 Å². The highest BCUT2D eigenvalue weighted by atomic mass is 35.5. The minimum Gasteiger partial charge on any atom is -0.244 e. The molecule has 0 radical (unpaired) electrons. The van der Waals surface area contributed by atoms with E-state index in [-0.39, 0.29) is 0 Å². The highest BCUT2D eigenvalue weighted by Crippen LogP contribution is 2.20. The molecule has 6 nitrogen and oxygen atoms in total. The predicted molar refractivity (Wildman–Crippen MR) is 107 cm³/mol. The van der Waals surface area contributed by atoms with Crippen molar-refractivity contribution in [1.29, 1.82) is 0 Å². The second-order valence-electron chi connectivity index (χ2n) is 4.95. The van der Waals surface area contributed by atoms with E-state index in [1.165, 1.54) is 17.2 Å². The Hall–Kier alpha value is -2.12. The van der Waals surface area contributed by atoms with Crippen molar-refractivity contribution < 1.29 is 0 Å². The van der Waals surface area contributed by atoms with Crippen LogP contribution in [0, 0.1) is 0 Å². The maximum absolute atomic E-state index is 6.11. The van der Waals surface area contributed by atoms with Gasteiger partial charge in [0.2, 0.25) is 0 Å². The first-order chi connectivity index (χ1) is 12.5. The largest absolute Gasteiger partial charge is 0.265 e. The maximum Gasteiger partial charge on any atom is 0.265 e. The number of aromatic nitrogens is 3. The third-order valence-corrected chi connectivity index (χ3v) is 4.27. The molecule has 0 aliphatic rings. The summed E-state index contributed by atoms with van der Waals surface area (Å²) in [5.41, 5.74) is 4.14. The lowest BCUT2D eigenvalue weighted by molar-refractivity contribution is 0.879. The predicted octanol–water partition coefficient (Wildman–Crippen LogP) is 5.22. The summed E-state index contributed by atoms with van der Waals surface area (Å²) in [5, 5.41) is 18.1. The smallest absolute Gasteiger partial charge is 0.244 e. The van der Waals surface area contributed by atoms with Crippen LogP contribution in [0.5, 0.6) is 0 Å². The molecule has 3 rings (SSSR count). The number of nitrogens with one attached hydrogen (secondary N) is 1. The molecule has 0 unspecified atom stereocenters. The van der Waals surface area contributed by atoms with Gasteiger partial charge in [0.05, 0.1) is 22.5 Å². The van der Waals surface area contributed by atoms with Crippen molar-refractivity contribution >= 4 is 64.8 Å².